The van der Waals surface area contributed by atoms with E-state index in [-0.39, 0.29) is 5.91 Å². The first kappa shape index (κ1) is 15.0. The first-order valence-corrected chi connectivity index (χ1v) is 8.08. The van der Waals surface area contributed by atoms with E-state index in [1.165, 1.54) is 0 Å². The molecule has 3 nitrogen and oxygen atoms in total. The van der Waals surface area contributed by atoms with Crippen LogP contribution in [0.15, 0.2) is 54.6 Å². The topological polar surface area (TPSA) is 29.5 Å². The van der Waals surface area contributed by atoms with Gasteiger partial charge in [0, 0.05) is 13.0 Å². The molecule has 4 heteroatoms. The smallest absolute Gasteiger partial charge is 0.227 e. The number of ether oxygens (including phenoxy) is 1. The van der Waals surface area contributed by atoms with Gasteiger partial charge in [-0.05, 0) is 29.4 Å². The van der Waals surface area contributed by atoms with Crippen LogP contribution in [0.4, 0.5) is 5.69 Å². The van der Waals surface area contributed by atoms with Crippen LogP contribution < -0.4 is 9.64 Å². The number of amides is 1. The molecule has 0 aliphatic carbocycles. The van der Waals surface area contributed by atoms with Gasteiger partial charge in [0.05, 0.1) is 5.69 Å². The van der Waals surface area contributed by atoms with Gasteiger partial charge in [0.1, 0.15) is 12.4 Å². The second-order valence-electron chi connectivity index (χ2n) is 5.50. The highest BCUT2D eigenvalue weighted by atomic mass is 32.1. The minimum atomic E-state index is 0.148. The van der Waals surface area contributed by atoms with Crippen molar-refractivity contribution in [2.75, 3.05) is 17.2 Å². The summed E-state index contributed by atoms with van der Waals surface area (Å²) in [6.45, 7) is 1.21. The zero-order valence-corrected chi connectivity index (χ0v) is 13.2. The summed E-state index contributed by atoms with van der Waals surface area (Å²) in [7, 11) is 0. The van der Waals surface area contributed by atoms with Crippen LogP contribution in [0.1, 0.15) is 12.0 Å². The number of carbonyl (C=O) groups is 1. The molecule has 1 atom stereocenters. The Kier molecular flexibility index (Phi) is 4.68. The van der Waals surface area contributed by atoms with Gasteiger partial charge in [0.25, 0.3) is 0 Å². The van der Waals surface area contributed by atoms with Gasteiger partial charge in [-0.25, -0.2) is 0 Å². The second-order valence-corrected chi connectivity index (χ2v) is 5.86. The van der Waals surface area contributed by atoms with E-state index >= 15 is 0 Å². The van der Waals surface area contributed by atoms with Crippen LogP contribution in [0.2, 0.25) is 0 Å². The Bertz CT molecular complexity index is 645. The van der Waals surface area contributed by atoms with Crippen molar-refractivity contribution in [2.24, 2.45) is 5.92 Å². The lowest BCUT2D eigenvalue weighted by Crippen LogP contribution is -2.25. The Morgan fingerprint density at radius 1 is 1.09 bits per heavy atom. The highest BCUT2D eigenvalue weighted by Gasteiger charge is 2.31. The molecule has 1 aliphatic rings. The summed E-state index contributed by atoms with van der Waals surface area (Å²) in [5.74, 6) is 1.95. The number of carbonyl (C=O) groups excluding carboxylic acids is 1. The van der Waals surface area contributed by atoms with Crippen molar-refractivity contribution in [3.8, 4) is 5.75 Å². The number of hydrogen-bond acceptors (Lipinski definition) is 3. The number of benzene rings is 2. The van der Waals surface area contributed by atoms with E-state index in [1.807, 2.05) is 59.5 Å². The molecule has 0 saturated carbocycles. The molecule has 3 rings (SSSR count). The molecule has 1 aliphatic heterocycles. The predicted molar refractivity (Wildman–Crippen MR) is 91.5 cm³/mol. The summed E-state index contributed by atoms with van der Waals surface area (Å²) in [5.41, 5.74) is 1.96. The van der Waals surface area contributed by atoms with Crippen molar-refractivity contribution in [3.63, 3.8) is 0 Å². The van der Waals surface area contributed by atoms with Crippen LogP contribution in [0.25, 0.3) is 0 Å². The van der Waals surface area contributed by atoms with Crippen LogP contribution in [0, 0.1) is 5.92 Å². The number of rotatable bonds is 5. The summed E-state index contributed by atoms with van der Waals surface area (Å²) in [4.78, 5) is 14.0. The SMILES string of the molecule is O=C1CC(CS)CN1c1ccccc1OCc1ccccc1. The van der Waals surface area contributed by atoms with Crippen LogP contribution in [-0.4, -0.2) is 18.2 Å². The Morgan fingerprint density at radius 2 is 1.82 bits per heavy atom. The average molecular weight is 313 g/mol. The number of anilines is 1. The minimum absolute atomic E-state index is 0.148. The number of hydrogen-bond donors (Lipinski definition) is 1. The molecule has 22 heavy (non-hydrogen) atoms. The van der Waals surface area contributed by atoms with E-state index in [9.17, 15) is 4.79 Å². The Hall–Kier alpha value is -1.94. The van der Waals surface area contributed by atoms with Crippen molar-refractivity contribution >= 4 is 24.2 Å². The fraction of sp³-hybridized carbons (Fsp3) is 0.278. The lowest BCUT2D eigenvalue weighted by molar-refractivity contribution is -0.117. The number of nitrogens with zero attached hydrogens (tertiary/aromatic N) is 1. The van der Waals surface area contributed by atoms with Gasteiger partial charge in [-0.2, -0.15) is 12.6 Å². The van der Waals surface area contributed by atoms with E-state index in [0.717, 1.165) is 22.8 Å². The molecule has 0 bridgehead atoms. The lowest BCUT2D eigenvalue weighted by atomic mass is 10.1. The number of para-hydroxylation sites is 2. The van der Waals surface area contributed by atoms with Gasteiger partial charge >= 0.3 is 0 Å². The largest absolute Gasteiger partial charge is 0.487 e. The third kappa shape index (κ3) is 3.28. The number of thiol groups is 1. The van der Waals surface area contributed by atoms with Crippen molar-refractivity contribution in [1.29, 1.82) is 0 Å². The molecule has 0 spiro atoms. The van der Waals surface area contributed by atoms with E-state index < -0.39 is 0 Å². The molecule has 1 heterocycles. The quantitative estimate of drug-likeness (QED) is 0.856. The molecule has 1 unspecified atom stereocenters. The predicted octanol–water partition coefficient (Wildman–Crippen LogP) is 3.55. The normalized spacial score (nSPS) is 17.8. The standard InChI is InChI=1S/C18H19NO2S/c20-18-10-15(13-22)11-19(18)16-8-4-5-9-17(16)21-12-14-6-2-1-3-7-14/h1-9,15,22H,10-13H2. The maximum absolute atomic E-state index is 12.2. The fourth-order valence-electron chi connectivity index (χ4n) is 2.67. The van der Waals surface area contributed by atoms with Crippen LogP contribution >= 0.6 is 12.6 Å². The molecule has 0 N–H and O–H groups in total. The third-order valence-electron chi connectivity index (χ3n) is 3.86. The summed E-state index contributed by atoms with van der Waals surface area (Å²) >= 11 is 4.31. The van der Waals surface area contributed by atoms with E-state index in [0.29, 0.717) is 25.5 Å². The maximum Gasteiger partial charge on any atom is 0.227 e. The van der Waals surface area contributed by atoms with Crippen molar-refractivity contribution in [1.82, 2.24) is 0 Å². The molecule has 2 aromatic carbocycles. The average Bonchev–Trinajstić information content (AvgIpc) is 2.95. The first-order valence-electron chi connectivity index (χ1n) is 7.45. The summed E-state index contributed by atoms with van der Waals surface area (Å²) in [5, 5.41) is 0. The van der Waals surface area contributed by atoms with E-state index in [1.54, 1.807) is 0 Å². The van der Waals surface area contributed by atoms with Gasteiger partial charge in [0.15, 0.2) is 0 Å². The first-order chi connectivity index (χ1) is 10.8. The summed E-state index contributed by atoms with van der Waals surface area (Å²) < 4.78 is 5.94. The van der Waals surface area contributed by atoms with Crippen LogP contribution in [0.5, 0.6) is 5.75 Å². The van der Waals surface area contributed by atoms with Crippen molar-refractivity contribution in [2.45, 2.75) is 13.0 Å². The molecule has 1 saturated heterocycles. The molecular formula is C18H19NO2S. The molecule has 0 aromatic heterocycles. The summed E-state index contributed by atoms with van der Waals surface area (Å²) in [6.07, 6.45) is 0.566. The Morgan fingerprint density at radius 3 is 2.55 bits per heavy atom. The summed E-state index contributed by atoms with van der Waals surface area (Å²) in [6, 6.07) is 17.8. The maximum atomic E-state index is 12.2. The van der Waals surface area contributed by atoms with Gasteiger partial charge in [-0.3, -0.25) is 4.79 Å². The van der Waals surface area contributed by atoms with Crippen LogP contribution in [0.3, 0.4) is 0 Å². The molecular weight excluding hydrogens is 294 g/mol. The van der Waals surface area contributed by atoms with Gasteiger partial charge in [-0.15, -0.1) is 0 Å². The van der Waals surface area contributed by atoms with Gasteiger partial charge < -0.3 is 9.64 Å². The molecule has 1 amide bonds. The molecule has 1 fully saturated rings. The highest BCUT2D eigenvalue weighted by molar-refractivity contribution is 7.80. The van der Waals surface area contributed by atoms with E-state index in [2.05, 4.69) is 12.6 Å². The second kappa shape index (κ2) is 6.88. The van der Waals surface area contributed by atoms with Crippen LogP contribution in [-0.2, 0) is 11.4 Å². The third-order valence-corrected chi connectivity index (χ3v) is 4.37. The molecule has 0 radical (unpaired) electrons. The molecule has 2 aromatic rings. The van der Waals surface area contributed by atoms with Gasteiger partial charge in [-0.1, -0.05) is 42.5 Å². The van der Waals surface area contributed by atoms with Gasteiger partial charge in [0.2, 0.25) is 5.91 Å². The Balaban J connectivity index is 1.77. The monoisotopic (exact) mass is 313 g/mol. The molecule has 114 valence electrons. The van der Waals surface area contributed by atoms with E-state index in [4.69, 9.17) is 4.74 Å². The fourth-order valence-corrected chi connectivity index (χ4v) is 2.92. The van der Waals surface area contributed by atoms with Crippen molar-refractivity contribution < 1.29 is 9.53 Å². The lowest BCUT2D eigenvalue weighted by Gasteiger charge is -2.20. The minimum Gasteiger partial charge on any atom is -0.487 e. The zero-order valence-electron chi connectivity index (χ0n) is 12.3. The highest BCUT2D eigenvalue weighted by Crippen LogP contribution is 2.33. The van der Waals surface area contributed by atoms with Crippen molar-refractivity contribution in [3.05, 3.63) is 60.2 Å². The zero-order chi connectivity index (χ0) is 15.4. The Labute approximate surface area is 136 Å².